The Morgan fingerprint density at radius 3 is 1.60 bits per heavy atom. The monoisotopic (exact) mass is 414 g/mol. The number of aromatic hydroxyl groups is 2. The molecule has 0 radical (unpaired) electrons. The van der Waals surface area contributed by atoms with Gasteiger partial charge < -0.3 is 19.7 Å². The van der Waals surface area contributed by atoms with Crippen LogP contribution in [0.2, 0.25) is 0 Å². The van der Waals surface area contributed by atoms with Crippen molar-refractivity contribution in [3.63, 3.8) is 0 Å². The molecule has 0 unspecified atom stereocenters. The molecule has 0 saturated heterocycles. The number of hydrogen-bond acceptors (Lipinski definition) is 8. The molecule has 0 heterocycles. The molecule has 10 heteroatoms. The van der Waals surface area contributed by atoms with Gasteiger partial charge in [-0.1, -0.05) is 12.1 Å². The molecule has 0 aliphatic carbocycles. The third kappa shape index (κ3) is 6.23. The number of methoxy groups -OCH3 is 2. The molecule has 0 aromatic heterocycles. The minimum atomic E-state index is -0.488. The van der Waals surface area contributed by atoms with E-state index in [-0.39, 0.29) is 35.8 Å². The standard InChI is InChI=1S/C20H22N4O6/c1-29-15-7-3-5-13(19(15)27)11-21-23-17(25)9-10-18(26)24-22-12-14-6-4-8-16(30-2)20(14)28/h3-8,11-12,27-28H,9-10H2,1-2H3,(H,23,25)(H,24,26). The lowest BCUT2D eigenvalue weighted by molar-refractivity contribution is -0.126. The highest BCUT2D eigenvalue weighted by atomic mass is 16.5. The van der Waals surface area contributed by atoms with Gasteiger partial charge in [-0.25, -0.2) is 10.9 Å². The number of ether oxygens (including phenoxy) is 2. The molecular weight excluding hydrogens is 392 g/mol. The molecule has 4 N–H and O–H groups in total. The lowest BCUT2D eigenvalue weighted by Crippen LogP contribution is -2.22. The Kier molecular flexibility index (Phi) is 8.18. The first-order chi connectivity index (χ1) is 14.5. The van der Waals surface area contributed by atoms with E-state index in [2.05, 4.69) is 21.1 Å². The first kappa shape index (κ1) is 22.2. The van der Waals surface area contributed by atoms with Crippen LogP contribution in [0.1, 0.15) is 24.0 Å². The number of hydrazone groups is 2. The number of rotatable bonds is 9. The summed E-state index contributed by atoms with van der Waals surface area (Å²) < 4.78 is 9.96. The third-order valence-electron chi connectivity index (χ3n) is 3.87. The Hall–Kier alpha value is -4.08. The van der Waals surface area contributed by atoms with Gasteiger partial charge in [0, 0.05) is 24.0 Å². The summed E-state index contributed by atoms with van der Waals surface area (Å²) in [4.78, 5) is 23.6. The van der Waals surface area contributed by atoms with Crippen molar-refractivity contribution in [1.29, 1.82) is 0 Å². The first-order valence-corrected chi connectivity index (χ1v) is 8.82. The van der Waals surface area contributed by atoms with E-state index < -0.39 is 11.8 Å². The number of carbonyl (C=O) groups is 2. The molecule has 2 rings (SSSR count). The summed E-state index contributed by atoms with van der Waals surface area (Å²) in [6.07, 6.45) is 2.29. The number of benzene rings is 2. The fraction of sp³-hybridized carbons (Fsp3) is 0.200. The van der Waals surface area contributed by atoms with Crippen LogP contribution in [-0.4, -0.2) is 48.7 Å². The van der Waals surface area contributed by atoms with Crippen molar-refractivity contribution in [2.75, 3.05) is 14.2 Å². The molecule has 0 saturated carbocycles. The van der Waals surface area contributed by atoms with Crippen LogP contribution in [0.5, 0.6) is 23.0 Å². The maximum absolute atomic E-state index is 11.8. The zero-order valence-corrected chi connectivity index (χ0v) is 16.5. The largest absolute Gasteiger partial charge is 0.504 e. The predicted molar refractivity (Wildman–Crippen MR) is 110 cm³/mol. The van der Waals surface area contributed by atoms with Crippen LogP contribution < -0.4 is 20.3 Å². The first-order valence-electron chi connectivity index (χ1n) is 8.82. The summed E-state index contributed by atoms with van der Waals surface area (Å²) in [5, 5.41) is 27.3. The van der Waals surface area contributed by atoms with E-state index in [1.807, 2.05) is 0 Å². The Morgan fingerprint density at radius 1 is 0.833 bits per heavy atom. The van der Waals surface area contributed by atoms with E-state index in [0.717, 1.165) is 0 Å². The van der Waals surface area contributed by atoms with Gasteiger partial charge in [0.15, 0.2) is 23.0 Å². The van der Waals surface area contributed by atoms with Crippen molar-refractivity contribution in [1.82, 2.24) is 10.9 Å². The Balaban J connectivity index is 1.78. The zero-order valence-electron chi connectivity index (χ0n) is 16.5. The molecule has 10 nitrogen and oxygen atoms in total. The molecule has 30 heavy (non-hydrogen) atoms. The van der Waals surface area contributed by atoms with E-state index in [1.54, 1.807) is 36.4 Å². The van der Waals surface area contributed by atoms with Gasteiger partial charge in [-0.3, -0.25) is 9.59 Å². The van der Waals surface area contributed by atoms with E-state index in [9.17, 15) is 19.8 Å². The van der Waals surface area contributed by atoms with Crippen molar-refractivity contribution in [3.05, 3.63) is 47.5 Å². The van der Waals surface area contributed by atoms with E-state index in [4.69, 9.17) is 9.47 Å². The smallest absolute Gasteiger partial charge is 0.240 e. The average Bonchev–Trinajstić information content (AvgIpc) is 2.74. The summed E-state index contributed by atoms with van der Waals surface area (Å²) in [6, 6.07) is 9.69. The Bertz CT molecular complexity index is 881. The normalized spacial score (nSPS) is 10.9. The quantitative estimate of drug-likeness (QED) is 0.362. The summed E-state index contributed by atoms with van der Waals surface area (Å²) in [5.74, 6) is -0.611. The number of para-hydroxylation sites is 2. The van der Waals surface area contributed by atoms with Crippen molar-refractivity contribution < 1.29 is 29.3 Å². The zero-order chi connectivity index (χ0) is 21.9. The average molecular weight is 414 g/mol. The molecule has 0 spiro atoms. The molecule has 0 fully saturated rings. The van der Waals surface area contributed by atoms with Gasteiger partial charge in [-0.2, -0.15) is 10.2 Å². The van der Waals surface area contributed by atoms with Crippen molar-refractivity contribution in [3.8, 4) is 23.0 Å². The van der Waals surface area contributed by atoms with Crippen LogP contribution in [0.3, 0.4) is 0 Å². The van der Waals surface area contributed by atoms with Gasteiger partial charge in [0.25, 0.3) is 0 Å². The van der Waals surface area contributed by atoms with E-state index in [0.29, 0.717) is 11.1 Å². The second-order valence-electron chi connectivity index (χ2n) is 5.88. The van der Waals surface area contributed by atoms with Crippen LogP contribution in [0.4, 0.5) is 0 Å². The van der Waals surface area contributed by atoms with Gasteiger partial charge in [0.05, 0.1) is 26.6 Å². The summed E-state index contributed by atoms with van der Waals surface area (Å²) >= 11 is 0. The second kappa shape index (κ2) is 11.1. The van der Waals surface area contributed by atoms with Gasteiger partial charge in [-0.15, -0.1) is 0 Å². The molecule has 0 bridgehead atoms. The number of nitrogens with one attached hydrogen (secondary N) is 2. The van der Waals surface area contributed by atoms with Crippen molar-refractivity contribution >= 4 is 24.2 Å². The molecule has 0 aliphatic rings. The van der Waals surface area contributed by atoms with Crippen LogP contribution in [0.25, 0.3) is 0 Å². The lowest BCUT2D eigenvalue weighted by atomic mass is 10.2. The number of amides is 2. The van der Waals surface area contributed by atoms with Gasteiger partial charge in [-0.05, 0) is 24.3 Å². The number of phenolic OH excluding ortho intramolecular Hbond substituents is 2. The van der Waals surface area contributed by atoms with E-state index in [1.165, 1.54) is 26.6 Å². The summed E-state index contributed by atoms with van der Waals surface area (Å²) in [5.41, 5.74) is 5.26. The van der Waals surface area contributed by atoms with Gasteiger partial charge >= 0.3 is 0 Å². The highest BCUT2D eigenvalue weighted by Gasteiger charge is 2.08. The van der Waals surface area contributed by atoms with Crippen molar-refractivity contribution in [2.24, 2.45) is 10.2 Å². The third-order valence-corrected chi connectivity index (χ3v) is 3.87. The van der Waals surface area contributed by atoms with Crippen LogP contribution in [0, 0.1) is 0 Å². The molecule has 2 aromatic carbocycles. The minimum Gasteiger partial charge on any atom is -0.504 e. The fourth-order valence-corrected chi connectivity index (χ4v) is 2.30. The fourth-order valence-electron chi connectivity index (χ4n) is 2.30. The maximum atomic E-state index is 11.8. The van der Waals surface area contributed by atoms with Crippen LogP contribution in [0.15, 0.2) is 46.6 Å². The Labute approximate surface area is 172 Å². The number of nitrogens with zero attached hydrogens (tertiary/aromatic N) is 2. The molecular formula is C20H22N4O6. The number of carbonyl (C=O) groups excluding carboxylic acids is 2. The molecule has 2 aromatic rings. The second-order valence-corrected chi connectivity index (χ2v) is 5.88. The molecule has 0 atom stereocenters. The highest BCUT2D eigenvalue weighted by Crippen LogP contribution is 2.28. The minimum absolute atomic E-state index is 0.0997. The predicted octanol–water partition coefficient (Wildman–Crippen LogP) is 1.50. The molecule has 0 aliphatic heterocycles. The van der Waals surface area contributed by atoms with Crippen LogP contribution in [-0.2, 0) is 9.59 Å². The Morgan fingerprint density at radius 2 is 1.23 bits per heavy atom. The molecule has 158 valence electrons. The topological polar surface area (TPSA) is 142 Å². The summed E-state index contributed by atoms with van der Waals surface area (Å²) in [6.45, 7) is 0. The molecule has 2 amide bonds. The number of phenols is 2. The SMILES string of the molecule is COc1cccc(C=NNC(=O)CCC(=O)NN=Cc2cccc(OC)c2O)c1O. The lowest BCUT2D eigenvalue weighted by Gasteiger charge is -2.05. The van der Waals surface area contributed by atoms with Crippen LogP contribution >= 0.6 is 0 Å². The highest BCUT2D eigenvalue weighted by molar-refractivity contribution is 5.88. The number of hydrogen-bond donors (Lipinski definition) is 4. The van der Waals surface area contributed by atoms with Gasteiger partial charge in [0.2, 0.25) is 11.8 Å². The van der Waals surface area contributed by atoms with Gasteiger partial charge in [0.1, 0.15) is 0 Å². The van der Waals surface area contributed by atoms with E-state index >= 15 is 0 Å². The maximum Gasteiger partial charge on any atom is 0.240 e. The summed E-state index contributed by atoms with van der Waals surface area (Å²) in [7, 11) is 2.85. The van der Waals surface area contributed by atoms with Crippen molar-refractivity contribution in [2.45, 2.75) is 12.8 Å².